The summed E-state index contributed by atoms with van der Waals surface area (Å²) in [5.74, 6) is 0. The fraction of sp³-hybridized carbons (Fsp3) is 0. The van der Waals surface area contributed by atoms with E-state index >= 15 is 0 Å². The molecule has 0 bridgehead atoms. The molecule has 0 aromatic heterocycles. The summed E-state index contributed by atoms with van der Waals surface area (Å²) in [6.45, 7) is 0. The van der Waals surface area contributed by atoms with E-state index in [1.54, 1.807) is 0 Å². The van der Waals surface area contributed by atoms with E-state index in [0.29, 0.717) is 0 Å². The quantitative estimate of drug-likeness (QED) is 0.676. The van der Waals surface area contributed by atoms with Gasteiger partial charge in [-0.1, -0.05) is 0 Å². The third-order valence-corrected chi connectivity index (χ3v) is 4.62. The average Bonchev–Trinajstić information content (AvgIpc) is 2.09. The van der Waals surface area contributed by atoms with Crippen LogP contribution in [0.4, 0.5) is 0 Å². The Morgan fingerprint density at radius 2 is 1.33 bits per heavy atom. The first-order valence-electron chi connectivity index (χ1n) is 3.09. The summed E-state index contributed by atoms with van der Waals surface area (Å²) in [5.41, 5.74) is 0. The van der Waals surface area contributed by atoms with Gasteiger partial charge < -0.3 is 0 Å². The van der Waals surface area contributed by atoms with Crippen molar-refractivity contribution in [1.29, 1.82) is 10.5 Å². The zero-order valence-electron chi connectivity index (χ0n) is 6.02. The van der Waals surface area contributed by atoms with Crippen LogP contribution in [-0.4, -0.2) is 29.9 Å². The summed E-state index contributed by atoms with van der Waals surface area (Å²) in [5, 5.41) is 17.0. The minimum atomic E-state index is -0.130. The maximum absolute atomic E-state index is 8.51. The molecule has 58 valence electrons. The van der Waals surface area contributed by atoms with Crippen LogP contribution >= 0.6 is 0 Å². The molecule has 1 rings (SSSR count). The molecule has 0 radical (unpaired) electrons. The molecule has 12 heavy (non-hydrogen) atoms. The van der Waals surface area contributed by atoms with Gasteiger partial charge >= 0.3 is 83.6 Å². The molecule has 0 aliphatic rings. The van der Waals surface area contributed by atoms with Gasteiger partial charge in [-0.15, -0.1) is 0 Å². The van der Waals surface area contributed by atoms with E-state index < -0.39 is 0 Å². The van der Waals surface area contributed by atoms with Gasteiger partial charge in [-0.2, -0.15) is 0 Å². The Bertz CT molecular complexity index is 314. The van der Waals surface area contributed by atoms with E-state index in [4.69, 9.17) is 10.5 Å². The van der Waals surface area contributed by atoms with Crippen LogP contribution in [0, 0.1) is 20.5 Å². The van der Waals surface area contributed by atoms with Crippen LogP contribution in [0.1, 0.15) is 0 Å². The molecular formula is C8H4N2Se2. The molecule has 0 amide bonds. The van der Waals surface area contributed by atoms with Crippen molar-refractivity contribution < 1.29 is 0 Å². The Kier molecular flexibility index (Phi) is 3.88. The molecule has 1 aromatic rings. The van der Waals surface area contributed by atoms with Gasteiger partial charge in [0.15, 0.2) is 0 Å². The van der Waals surface area contributed by atoms with Crippen molar-refractivity contribution in [3.63, 3.8) is 0 Å². The molecule has 0 heterocycles. The molecule has 0 aliphatic heterocycles. The summed E-state index contributed by atoms with van der Waals surface area (Å²) in [4.78, 5) is 4.29. The number of rotatable bonds is 2. The van der Waals surface area contributed by atoms with Crippen molar-refractivity contribution in [1.82, 2.24) is 0 Å². The monoisotopic (exact) mass is 288 g/mol. The van der Waals surface area contributed by atoms with Crippen LogP contribution in [0.25, 0.3) is 0 Å². The van der Waals surface area contributed by atoms with Crippen molar-refractivity contribution in [2.75, 3.05) is 0 Å². The second-order valence-electron chi connectivity index (χ2n) is 1.83. The molecule has 2 nitrogen and oxygen atoms in total. The predicted octanol–water partition coefficient (Wildman–Crippen LogP) is -0.692. The summed E-state index contributed by atoms with van der Waals surface area (Å²) < 4.78 is 2.10. The second kappa shape index (κ2) is 4.99. The van der Waals surface area contributed by atoms with E-state index in [2.05, 4.69) is 9.94 Å². The topological polar surface area (TPSA) is 47.6 Å². The third-order valence-electron chi connectivity index (χ3n) is 1.16. The van der Waals surface area contributed by atoms with Crippen molar-refractivity contribution in [3.05, 3.63) is 24.3 Å². The summed E-state index contributed by atoms with van der Waals surface area (Å²) in [6.07, 6.45) is 0. The molecule has 0 unspecified atom stereocenters. The van der Waals surface area contributed by atoms with Gasteiger partial charge in [0.05, 0.1) is 0 Å². The van der Waals surface area contributed by atoms with Gasteiger partial charge in [0.2, 0.25) is 0 Å². The van der Waals surface area contributed by atoms with E-state index in [9.17, 15) is 0 Å². The van der Waals surface area contributed by atoms with Crippen LogP contribution in [0.3, 0.4) is 0 Å². The molecule has 0 saturated heterocycles. The van der Waals surface area contributed by atoms with E-state index in [0.717, 1.165) is 8.92 Å². The Labute approximate surface area is 83.5 Å². The van der Waals surface area contributed by atoms with E-state index in [1.807, 2.05) is 24.3 Å². The summed E-state index contributed by atoms with van der Waals surface area (Å²) in [7, 11) is 0. The first-order chi connectivity index (χ1) is 5.88. The molecular weight excluding hydrogens is 282 g/mol. The number of nitriles is 2. The van der Waals surface area contributed by atoms with Crippen LogP contribution in [0.5, 0.6) is 0 Å². The molecule has 0 saturated carbocycles. The molecule has 0 aliphatic carbocycles. The number of nitrogens with zero attached hydrogens (tertiary/aromatic N) is 2. The molecule has 1 aromatic carbocycles. The van der Waals surface area contributed by atoms with Gasteiger partial charge in [0.1, 0.15) is 0 Å². The van der Waals surface area contributed by atoms with Gasteiger partial charge in [0.25, 0.3) is 0 Å². The van der Waals surface area contributed by atoms with Gasteiger partial charge in [-0.25, -0.2) is 0 Å². The Morgan fingerprint density at radius 3 is 1.67 bits per heavy atom. The number of benzene rings is 1. The maximum atomic E-state index is 8.51. The SMILES string of the molecule is N#C[Se]c1ccccc1[Se]C#N. The first-order valence-corrected chi connectivity index (χ1v) is 6.52. The Morgan fingerprint density at radius 1 is 0.917 bits per heavy atom. The zero-order valence-corrected chi connectivity index (χ0v) is 9.45. The predicted molar refractivity (Wildman–Crippen MR) is 48.4 cm³/mol. The van der Waals surface area contributed by atoms with Gasteiger partial charge in [-0.3, -0.25) is 0 Å². The van der Waals surface area contributed by atoms with Crippen LogP contribution in [-0.2, 0) is 0 Å². The summed E-state index contributed by atoms with van der Waals surface area (Å²) in [6, 6.07) is 7.67. The fourth-order valence-corrected chi connectivity index (χ4v) is 3.36. The molecule has 0 fully saturated rings. The second-order valence-corrected chi connectivity index (χ2v) is 5.30. The zero-order chi connectivity index (χ0) is 8.81. The molecule has 4 heteroatoms. The normalized spacial score (nSPS) is 8.50. The van der Waals surface area contributed by atoms with E-state index in [1.165, 1.54) is 0 Å². The first kappa shape index (κ1) is 9.33. The molecule has 0 atom stereocenters. The Hall–Kier alpha value is -0.761. The standard InChI is InChI=1S/C8H4N2Se2/c9-5-11-7-3-1-2-4-8(7)12-6-10/h1-4H. The van der Waals surface area contributed by atoms with Crippen LogP contribution < -0.4 is 8.92 Å². The number of hydrogen-bond acceptors (Lipinski definition) is 2. The van der Waals surface area contributed by atoms with Gasteiger partial charge in [0, 0.05) is 0 Å². The molecule has 0 spiro atoms. The molecule has 0 N–H and O–H groups in total. The van der Waals surface area contributed by atoms with Crippen LogP contribution in [0.2, 0.25) is 0 Å². The van der Waals surface area contributed by atoms with Crippen molar-refractivity contribution in [3.8, 4) is 9.94 Å². The minimum absolute atomic E-state index is 0.130. The van der Waals surface area contributed by atoms with Crippen molar-refractivity contribution in [2.24, 2.45) is 0 Å². The van der Waals surface area contributed by atoms with Crippen molar-refractivity contribution >= 4 is 38.8 Å². The van der Waals surface area contributed by atoms with E-state index in [-0.39, 0.29) is 29.9 Å². The van der Waals surface area contributed by atoms with Crippen molar-refractivity contribution in [2.45, 2.75) is 0 Å². The number of hydrogen-bond donors (Lipinski definition) is 0. The van der Waals surface area contributed by atoms with Gasteiger partial charge in [-0.05, 0) is 0 Å². The van der Waals surface area contributed by atoms with Crippen LogP contribution in [0.15, 0.2) is 24.3 Å². The Balaban J connectivity index is 2.95. The third kappa shape index (κ3) is 2.38. The fourth-order valence-electron chi connectivity index (χ4n) is 0.717. The average molecular weight is 286 g/mol. The summed E-state index contributed by atoms with van der Waals surface area (Å²) >= 11 is -0.260.